The number of aldehydes is 1. The number of phenolic OH excluding ortho intramolecular Hbond substituents is 1. The number of nitrogens with one attached hydrogen (secondary N) is 1. The SMILES string of the molecule is COc1ccc(C(N[C@H](C=O)Cc2ccc(O)cc2)C(N)P(=O)(O)O)cc1. The number of rotatable bonds is 9. The molecule has 0 saturated heterocycles. The molecule has 8 nitrogen and oxygen atoms in total. The van der Waals surface area contributed by atoms with Crippen LogP contribution < -0.4 is 15.8 Å². The molecule has 0 aliphatic rings. The summed E-state index contributed by atoms with van der Waals surface area (Å²) in [5, 5.41) is 12.3. The molecule has 2 unspecified atom stereocenters. The van der Waals surface area contributed by atoms with Crippen molar-refractivity contribution in [1.29, 1.82) is 0 Å². The molecular formula is C18H23N2O6P. The lowest BCUT2D eigenvalue weighted by Crippen LogP contribution is -2.44. The molecule has 0 amide bonds. The van der Waals surface area contributed by atoms with Crippen LogP contribution in [-0.2, 0) is 15.8 Å². The Kier molecular flexibility index (Phi) is 7.12. The standard InChI is InChI=1S/C18H23N2O6P/c1-26-16-8-4-13(5-9-16)17(18(19)27(23,24)25)20-14(11-21)10-12-2-6-15(22)7-3-12/h2-9,11,14,17-18,20,22H,10,19H2,1H3,(H2,23,24,25)/t14-,17?,18?/m0/s1. The Bertz CT molecular complexity index is 791. The third kappa shape index (κ3) is 5.89. The van der Waals surface area contributed by atoms with Crippen molar-refractivity contribution in [2.24, 2.45) is 5.73 Å². The van der Waals surface area contributed by atoms with Gasteiger partial charge in [0.25, 0.3) is 0 Å². The highest BCUT2D eigenvalue weighted by atomic mass is 31.2. The van der Waals surface area contributed by atoms with E-state index >= 15 is 0 Å². The predicted octanol–water partition coefficient (Wildman–Crippen LogP) is 1.30. The number of carbonyl (C=O) groups is 1. The average Bonchev–Trinajstić information content (AvgIpc) is 2.65. The van der Waals surface area contributed by atoms with Gasteiger partial charge in [-0.1, -0.05) is 24.3 Å². The monoisotopic (exact) mass is 394 g/mol. The van der Waals surface area contributed by atoms with Crippen LogP contribution in [0, 0.1) is 0 Å². The van der Waals surface area contributed by atoms with Gasteiger partial charge in [-0.3, -0.25) is 9.88 Å². The van der Waals surface area contributed by atoms with E-state index < -0.39 is 25.5 Å². The highest BCUT2D eigenvalue weighted by Crippen LogP contribution is 2.44. The Labute approximate surface area is 157 Å². The van der Waals surface area contributed by atoms with E-state index in [9.17, 15) is 24.3 Å². The maximum atomic E-state index is 11.7. The van der Waals surface area contributed by atoms with E-state index in [0.717, 1.165) is 5.56 Å². The first-order valence-electron chi connectivity index (χ1n) is 8.18. The molecule has 0 aliphatic carbocycles. The molecule has 9 heteroatoms. The van der Waals surface area contributed by atoms with Gasteiger partial charge in [-0.25, -0.2) is 0 Å². The molecule has 3 atom stereocenters. The number of phenols is 1. The fourth-order valence-electron chi connectivity index (χ4n) is 2.66. The number of methoxy groups -OCH3 is 1. The van der Waals surface area contributed by atoms with E-state index in [-0.39, 0.29) is 12.2 Å². The highest BCUT2D eigenvalue weighted by Gasteiger charge is 2.35. The van der Waals surface area contributed by atoms with Gasteiger partial charge < -0.3 is 30.2 Å². The molecule has 2 aromatic rings. The number of benzene rings is 2. The van der Waals surface area contributed by atoms with Crippen molar-refractivity contribution in [1.82, 2.24) is 5.32 Å². The summed E-state index contributed by atoms with van der Waals surface area (Å²) in [4.78, 5) is 30.6. The molecule has 0 aromatic heterocycles. The van der Waals surface area contributed by atoms with Crippen LogP contribution in [0.25, 0.3) is 0 Å². The summed E-state index contributed by atoms with van der Waals surface area (Å²) in [6.45, 7) is 0. The zero-order valence-electron chi connectivity index (χ0n) is 14.7. The molecule has 146 valence electrons. The van der Waals surface area contributed by atoms with Crippen molar-refractivity contribution in [3.05, 3.63) is 59.7 Å². The average molecular weight is 394 g/mol. The zero-order valence-corrected chi connectivity index (χ0v) is 15.6. The molecular weight excluding hydrogens is 371 g/mol. The lowest BCUT2D eigenvalue weighted by atomic mass is 10.0. The van der Waals surface area contributed by atoms with Gasteiger partial charge in [0.05, 0.1) is 19.2 Å². The number of hydrogen-bond acceptors (Lipinski definition) is 6. The molecule has 0 fully saturated rings. The number of aromatic hydroxyl groups is 1. The lowest BCUT2D eigenvalue weighted by Gasteiger charge is -2.29. The van der Waals surface area contributed by atoms with E-state index in [1.165, 1.54) is 19.2 Å². The second-order valence-corrected chi connectivity index (χ2v) is 7.88. The van der Waals surface area contributed by atoms with Crippen LogP contribution in [0.4, 0.5) is 0 Å². The van der Waals surface area contributed by atoms with Gasteiger partial charge in [-0.05, 0) is 41.8 Å². The van der Waals surface area contributed by atoms with Crippen LogP contribution >= 0.6 is 7.60 Å². The lowest BCUT2D eigenvalue weighted by molar-refractivity contribution is -0.109. The molecule has 0 radical (unpaired) electrons. The molecule has 2 rings (SSSR count). The smallest absolute Gasteiger partial charge is 0.344 e. The van der Waals surface area contributed by atoms with Crippen LogP contribution in [0.15, 0.2) is 48.5 Å². The highest BCUT2D eigenvalue weighted by molar-refractivity contribution is 7.52. The predicted molar refractivity (Wildman–Crippen MR) is 101 cm³/mol. The van der Waals surface area contributed by atoms with E-state index in [4.69, 9.17) is 10.5 Å². The van der Waals surface area contributed by atoms with Crippen LogP contribution in [0.3, 0.4) is 0 Å². The molecule has 27 heavy (non-hydrogen) atoms. The van der Waals surface area contributed by atoms with Gasteiger partial charge in [-0.15, -0.1) is 0 Å². The number of hydrogen-bond donors (Lipinski definition) is 5. The third-order valence-electron chi connectivity index (χ3n) is 4.15. The Balaban J connectivity index is 2.26. The fourth-order valence-corrected chi connectivity index (χ4v) is 3.31. The number of ether oxygens (including phenoxy) is 1. The van der Waals surface area contributed by atoms with Crippen molar-refractivity contribution in [3.63, 3.8) is 0 Å². The number of nitrogens with two attached hydrogens (primary N) is 1. The van der Waals surface area contributed by atoms with Crippen molar-refractivity contribution >= 4 is 13.9 Å². The first-order valence-corrected chi connectivity index (χ1v) is 9.86. The zero-order chi connectivity index (χ0) is 20.0. The molecule has 0 spiro atoms. The largest absolute Gasteiger partial charge is 0.508 e. The van der Waals surface area contributed by atoms with Gasteiger partial charge >= 0.3 is 7.60 Å². The third-order valence-corrected chi connectivity index (χ3v) is 5.23. The summed E-state index contributed by atoms with van der Waals surface area (Å²) in [7, 11) is -3.11. The van der Waals surface area contributed by atoms with Gasteiger partial charge in [0.15, 0.2) is 0 Å². The summed E-state index contributed by atoms with van der Waals surface area (Å²) in [5.41, 5.74) is 7.10. The van der Waals surface area contributed by atoms with E-state index in [1.807, 2.05) is 0 Å². The maximum absolute atomic E-state index is 11.7. The minimum absolute atomic E-state index is 0.106. The van der Waals surface area contributed by atoms with Crippen molar-refractivity contribution in [2.45, 2.75) is 24.3 Å². The fraction of sp³-hybridized carbons (Fsp3) is 0.278. The maximum Gasteiger partial charge on any atom is 0.344 e. The molecule has 0 heterocycles. The second kappa shape index (κ2) is 9.12. The minimum atomic E-state index is -4.62. The van der Waals surface area contributed by atoms with E-state index in [1.54, 1.807) is 36.4 Å². The van der Waals surface area contributed by atoms with Gasteiger partial charge in [0.2, 0.25) is 0 Å². The summed E-state index contributed by atoms with van der Waals surface area (Å²) in [6.07, 6.45) is 0.931. The normalized spacial score (nSPS) is 15.0. The van der Waals surface area contributed by atoms with E-state index in [0.29, 0.717) is 17.6 Å². The van der Waals surface area contributed by atoms with Crippen LogP contribution in [-0.4, -0.2) is 40.1 Å². The minimum Gasteiger partial charge on any atom is -0.508 e. The first-order chi connectivity index (χ1) is 12.7. The Hall–Kier alpha value is -2.22. The van der Waals surface area contributed by atoms with Crippen molar-refractivity contribution < 1.29 is 29.0 Å². The Morgan fingerprint density at radius 3 is 2.22 bits per heavy atom. The molecule has 0 bridgehead atoms. The van der Waals surface area contributed by atoms with Crippen molar-refractivity contribution in [3.8, 4) is 11.5 Å². The number of carbonyl (C=O) groups excluding carboxylic acids is 1. The Morgan fingerprint density at radius 2 is 1.74 bits per heavy atom. The van der Waals surface area contributed by atoms with Gasteiger partial charge in [-0.2, -0.15) is 0 Å². The van der Waals surface area contributed by atoms with Gasteiger partial charge in [0.1, 0.15) is 23.6 Å². The first kappa shape index (κ1) is 21.1. The van der Waals surface area contributed by atoms with Crippen LogP contribution in [0.1, 0.15) is 17.2 Å². The summed E-state index contributed by atoms with van der Waals surface area (Å²) < 4.78 is 16.8. The molecule has 6 N–H and O–H groups in total. The van der Waals surface area contributed by atoms with E-state index in [2.05, 4.69) is 5.32 Å². The quantitative estimate of drug-likeness (QED) is 0.316. The topological polar surface area (TPSA) is 142 Å². The van der Waals surface area contributed by atoms with Crippen molar-refractivity contribution in [2.75, 3.05) is 7.11 Å². The van der Waals surface area contributed by atoms with Crippen LogP contribution in [0.5, 0.6) is 11.5 Å². The van der Waals surface area contributed by atoms with Gasteiger partial charge in [0, 0.05) is 0 Å². The summed E-state index contributed by atoms with van der Waals surface area (Å²) in [5.74, 6) is -0.847. The molecule has 0 aliphatic heterocycles. The Morgan fingerprint density at radius 1 is 1.15 bits per heavy atom. The molecule has 0 saturated carbocycles. The second-order valence-electron chi connectivity index (χ2n) is 6.11. The summed E-state index contributed by atoms with van der Waals surface area (Å²) >= 11 is 0. The summed E-state index contributed by atoms with van der Waals surface area (Å²) in [6, 6.07) is 11.2. The van der Waals surface area contributed by atoms with Crippen LogP contribution in [0.2, 0.25) is 0 Å². The molecule has 2 aromatic carbocycles.